The molecule has 2 unspecified atom stereocenters. The van der Waals surface area contributed by atoms with Crippen LogP contribution in [0.15, 0.2) is 0 Å². The zero-order chi connectivity index (χ0) is 9.73. The lowest BCUT2D eigenvalue weighted by atomic mass is 9.93. The van der Waals surface area contributed by atoms with Crippen molar-refractivity contribution in [1.82, 2.24) is 0 Å². The van der Waals surface area contributed by atoms with E-state index in [1.54, 1.807) is 7.11 Å². The van der Waals surface area contributed by atoms with E-state index in [1.165, 1.54) is 25.7 Å². The van der Waals surface area contributed by atoms with Gasteiger partial charge in [0.15, 0.2) is 0 Å². The number of ether oxygens (including phenoxy) is 1. The second-order valence-corrected chi connectivity index (χ2v) is 4.30. The van der Waals surface area contributed by atoms with Crippen LogP contribution in [0.1, 0.15) is 45.4 Å². The molecule has 2 nitrogen and oxygen atoms in total. The summed E-state index contributed by atoms with van der Waals surface area (Å²) < 4.78 is 5.58. The average molecular weight is 185 g/mol. The van der Waals surface area contributed by atoms with Crippen LogP contribution in [0.5, 0.6) is 0 Å². The lowest BCUT2D eigenvalue weighted by Crippen LogP contribution is -2.39. The molecule has 0 heterocycles. The fourth-order valence-electron chi connectivity index (χ4n) is 2.35. The number of nitrogens with two attached hydrogens (primary N) is 1. The largest absolute Gasteiger partial charge is 0.377 e. The molecule has 2 heteroatoms. The summed E-state index contributed by atoms with van der Waals surface area (Å²) in [5, 5.41) is 0. The summed E-state index contributed by atoms with van der Waals surface area (Å²) in [7, 11) is 1.80. The number of hydrogen-bond donors (Lipinski definition) is 1. The van der Waals surface area contributed by atoms with Gasteiger partial charge in [0, 0.05) is 13.7 Å². The lowest BCUT2D eigenvalue weighted by Gasteiger charge is -2.29. The third-order valence-electron chi connectivity index (χ3n) is 3.64. The highest BCUT2D eigenvalue weighted by Gasteiger charge is 2.31. The summed E-state index contributed by atoms with van der Waals surface area (Å²) in [6.07, 6.45) is 7.55. The quantitative estimate of drug-likeness (QED) is 0.685. The normalized spacial score (nSPS) is 35.8. The van der Waals surface area contributed by atoms with Gasteiger partial charge in [-0.1, -0.05) is 26.2 Å². The van der Waals surface area contributed by atoms with Crippen LogP contribution >= 0.6 is 0 Å². The molecule has 0 radical (unpaired) electrons. The molecule has 0 aliphatic heterocycles. The van der Waals surface area contributed by atoms with Crippen LogP contribution in [0.3, 0.4) is 0 Å². The molecule has 0 amide bonds. The predicted molar refractivity (Wildman–Crippen MR) is 55.7 cm³/mol. The Morgan fingerprint density at radius 2 is 2.15 bits per heavy atom. The van der Waals surface area contributed by atoms with E-state index in [0.717, 1.165) is 18.8 Å². The minimum Gasteiger partial charge on any atom is -0.377 e. The van der Waals surface area contributed by atoms with Gasteiger partial charge in [-0.05, 0) is 25.2 Å². The SMILES string of the molecule is CCC1CCCC(CN)(OC)CC1. The molecule has 1 rings (SSSR count). The summed E-state index contributed by atoms with van der Waals surface area (Å²) >= 11 is 0. The standard InChI is InChI=1S/C11H23NO/c1-3-10-5-4-7-11(9-12,13-2)8-6-10/h10H,3-9,12H2,1-2H3. The van der Waals surface area contributed by atoms with Gasteiger partial charge in [0.05, 0.1) is 5.60 Å². The molecule has 78 valence electrons. The van der Waals surface area contributed by atoms with Crippen LogP contribution < -0.4 is 5.73 Å². The Hall–Kier alpha value is -0.0800. The molecule has 2 N–H and O–H groups in total. The van der Waals surface area contributed by atoms with Gasteiger partial charge in [0.2, 0.25) is 0 Å². The van der Waals surface area contributed by atoms with Crippen molar-refractivity contribution in [3.05, 3.63) is 0 Å². The van der Waals surface area contributed by atoms with Gasteiger partial charge in [0.25, 0.3) is 0 Å². The molecule has 1 fully saturated rings. The van der Waals surface area contributed by atoms with E-state index >= 15 is 0 Å². The van der Waals surface area contributed by atoms with Crippen LogP contribution in [-0.2, 0) is 4.74 Å². The Labute approximate surface area is 81.8 Å². The van der Waals surface area contributed by atoms with E-state index < -0.39 is 0 Å². The lowest BCUT2D eigenvalue weighted by molar-refractivity contribution is -0.0155. The van der Waals surface area contributed by atoms with Crippen molar-refractivity contribution in [1.29, 1.82) is 0 Å². The molecule has 1 aliphatic carbocycles. The number of hydrogen-bond acceptors (Lipinski definition) is 2. The topological polar surface area (TPSA) is 35.2 Å². The van der Waals surface area contributed by atoms with Crippen molar-refractivity contribution in [3.8, 4) is 0 Å². The van der Waals surface area contributed by atoms with Crippen molar-refractivity contribution in [3.63, 3.8) is 0 Å². The minimum atomic E-state index is 0.00389. The van der Waals surface area contributed by atoms with Gasteiger partial charge in [-0.25, -0.2) is 0 Å². The second-order valence-electron chi connectivity index (χ2n) is 4.30. The van der Waals surface area contributed by atoms with Crippen LogP contribution in [-0.4, -0.2) is 19.3 Å². The molecular weight excluding hydrogens is 162 g/mol. The van der Waals surface area contributed by atoms with E-state index in [0.29, 0.717) is 6.54 Å². The van der Waals surface area contributed by atoms with E-state index in [1.807, 2.05) is 0 Å². The zero-order valence-electron chi connectivity index (χ0n) is 9.01. The summed E-state index contributed by atoms with van der Waals surface area (Å²) in [6.45, 7) is 2.97. The third-order valence-corrected chi connectivity index (χ3v) is 3.64. The van der Waals surface area contributed by atoms with E-state index in [2.05, 4.69) is 6.92 Å². The molecule has 0 aromatic heterocycles. The van der Waals surface area contributed by atoms with Crippen molar-refractivity contribution >= 4 is 0 Å². The van der Waals surface area contributed by atoms with Crippen LogP contribution in [0, 0.1) is 5.92 Å². The number of methoxy groups -OCH3 is 1. The summed E-state index contributed by atoms with van der Waals surface area (Å²) in [4.78, 5) is 0. The van der Waals surface area contributed by atoms with Crippen LogP contribution in [0.2, 0.25) is 0 Å². The number of rotatable bonds is 3. The zero-order valence-corrected chi connectivity index (χ0v) is 9.01. The van der Waals surface area contributed by atoms with Gasteiger partial charge in [-0.3, -0.25) is 0 Å². The molecule has 0 spiro atoms. The molecule has 0 aromatic rings. The van der Waals surface area contributed by atoms with Crippen LogP contribution in [0.4, 0.5) is 0 Å². The minimum absolute atomic E-state index is 0.00389. The van der Waals surface area contributed by atoms with E-state index in [4.69, 9.17) is 10.5 Å². The second kappa shape index (κ2) is 4.97. The van der Waals surface area contributed by atoms with Gasteiger partial charge in [-0.2, -0.15) is 0 Å². The monoisotopic (exact) mass is 185 g/mol. The van der Waals surface area contributed by atoms with E-state index in [-0.39, 0.29) is 5.60 Å². The van der Waals surface area contributed by atoms with Gasteiger partial charge >= 0.3 is 0 Å². The molecule has 2 atom stereocenters. The fraction of sp³-hybridized carbons (Fsp3) is 1.00. The molecular formula is C11H23NO. The maximum Gasteiger partial charge on any atom is 0.0800 e. The first-order valence-electron chi connectivity index (χ1n) is 5.51. The molecule has 1 aliphatic rings. The Bertz CT molecular complexity index is 143. The predicted octanol–water partition coefficient (Wildman–Crippen LogP) is 2.32. The summed E-state index contributed by atoms with van der Waals surface area (Å²) in [6, 6.07) is 0. The van der Waals surface area contributed by atoms with E-state index in [9.17, 15) is 0 Å². The highest BCUT2D eigenvalue weighted by atomic mass is 16.5. The Morgan fingerprint density at radius 1 is 1.38 bits per heavy atom. The molecule has 0 bridgehead atoms. The van der Waals surface area contributed by atoms with Gasteiger partial charge < -0.3 is 10.5 Å². The van der Waals surface area contributed by atoms with Gasteiger partial charge in [0.1, 0.15) is 0 Å². The highest BCUT2D eigenvalue weighted by molar-refractivity contribution is 4.85. The first-order valence-corrected chi connectivity index (χ1v) is 5.51. The first-order chi connectivity index (χ1) is 6.26. The first kappa shape index (κ1) is 11.0. The molecule has 1 saturated carbocycles. The van der Waals surface area contributed by atoms with Crippen molar-refractivity contribution < 1.29 is 4.74 Å². The molecule has 13 heavy (non-hydrogen) atoms. The Morgan fingerprint density at radius 3 is 2.69 bits per heavy atom. The van der Waals surface area contributed by atoms with Crippen LogP contribution in [0.25, 0.3) is 0 Å². The molecule has 0 aromatic carbocycles. The summed E-state index contributed by atoms with van der Waals surface area (Å²) in [5.74, 6) is 0.906. The highest BCUT2D eigenvalue weighted by Crippen LogP contribution is 2.33. The third kappa shape index (κ3) is 2.68. The van der Waals surface area contributed by atoms with Gasteiger partial charge in [-0.15, -0.1) is 0 Å². The maximum atomic E-state index is 5.78. The van der Waals surface area contributed by atoms with Crippen molar-refractivity contribution in [2.75, 3.05) is 13.7 Å². The smallest absolute Gasteiger partial charge is 0.0800 e. The maximum absolute atomic E-state index is 5.78. The Balaban J connectivity index is 2.51. The van der Waals surface area contributed by atoms with Crippen molar-refractivity contribution in [2.45, 2.75) is 51.0 Å². The molecule has 0 saturated heterocycles. The average Bonchev–Trinajstić information content (AvgIpc) is 2.40. The van der Waals surface area contributed by atoms with Crippen molar-refractivity contribution in [2.24, 2.45) is 11.7 Å². The summed E-state index contributed by atoms with van der Waals surface area (Å²) in [5.41, 5.74) is 5.78. The Kier molecular flexibility index (Phi) is 4.20. The fourth-order valence-corrected chi connectivity index (χ4v) is 2.35.